The molecule has 2 fully saturated rings. The summed E-state index contributed by atoms with van der Waals surface area (Å²) in [6.07, 6.45) is -0.0135. The third-order valence-corrected chi connectivity index (χ3v) is 14.0. The maximum atomic E-state index is 14.5. The van der Waals surface area contributed by atoms with Gasteiger partial charge < -0.3 is 69.1 Å². The summed E-state index contributed by atoms with van der Waals surface area (Å²) in [4.78, 5) is 158. The van der Waals surface area contributed by atoms with E-state index < -0.39 is 139 Å². The van der Waals surface area contributed by atoms with Gasteiger partial charge in [0.25, 0.3) is 0 Å². The van der Waals surface area contributed by atoms with E-state index in [0.29, 0.717) is 44.2 Å². The molecule has 2 saturated heterocycles. The monoisotopic (exact) mass is 1040 g/mol. The standard InChI is InChI=1S/C44H65N11O14S2/c1-3-24(2)37-43(68)51-28(13-14-36(61)62)39(64)52-30(20-33(45)58)40(65)53-31(22-71-70-18-15-35(60)49-29(41(66)54-37)19-25-9-11-26(57)12-10-25)44(69)55-17-6-8-32(55)42(67)50-27(7-4-5-16-47-23-56)38(63)48-21-34(46)59/h9-12,23-24,27-32,37,57H,3-8,13-22H2,1-2H3,(H2,45,58)(H2,46,59)(H,47,56)(H,48,63)(H,49,60)(H,50,67)(H,51,68)(H,52,64)(H,53,65)(H,54,66)(H,61,62)/t24-,27+,28-,29-,30+,31+,32-,37+/m1/s1. The predicted octanol–water partition coefficient (Wildman–Crippen LogP) is -3.08. The van der Waals surface area contributed by atoms with Crippen LogP contribution < -0.4 is 54.0 Å². The molecule has 0 saturated carbocycles. The zero-order valence-electron chi connectivity index (χ0n) is 39.5. The highest BCUT2D eigenvalue weighted by Crippen LogP contribution is 2.26. The number of nitrogens with one attached hydrogen (secondary N) is 8. The Balaban J connectivity index is 2.00. The van der Waals surface area contributed by atoms with Gasteiger partial charge in [-0.2, -0.15) is 0 Å². The van der Waals surface area contributed by atoms with Crippen LogP contribution in [0.2, 0.25) is 0 Å². The summed E-state index contributed by atoms with van der Waals surface area (Å²) >= 11 is 0. The van der Waals surface area contributed by atoms with E-state index in [-0.39, 0.29) is 49.5 Å². The molecule has 0 aromatic heterocycles. The van der Waals surface area contributed by atoms with Crippen LogP contribution in [0.15, 0.2) is 24.3 Å². The van der Waals surface area contributed by atoms with E-state index in [2.05, 4.69) is 42.5 Å². The van der Waals surface area contributed by atoms with Crippen LogP contribution >= 0.6 is 21.6 Å². The van der Waals surface area contributed by atoms with Crippen molar-refractivity contribution >= 4 is 93.0 Å². The normalized spacial score (nSPS) is 22.7. The molecule has 2 heterocycles. The summed E-state index contributed by atoms with van der Waals surface area (Å²) in [5, 5.41) is 39.6. The summed E-state index contributed by atoms with van der Waals surface area (Å²) in [7, 11) is 2.18. The maximum Gasteiger partial charge on any atom is 0.303 e. The van der Waals surface area contributed by atoms with Gasteiger partial charge in [0.2, 0.25) is 65.5 Å². The van der Waals surface area contributed by atoms with E-state index in [4.69, 9.17) is 11.5 Å². The van der Waals surface area contributed by atoms with Crippen molar-refractivity contribution in [3.63, 3.8) is 0 Å². The topological polar surface area (TPSA) is 397 Å². The number of unbranched alkanes of at least 4 members (excludes halogenated alkanes) is 1. The van der Waals surface area contributed by atoms with Crippen molar-refractivity contribution in [2.45, 2.75) is 127 Å². The van der Waals surface area contributed by atoms with Gasteiger partial charge in [-0.05, 0) is 62.1 Å². The molecule has 2 aliphatic rings. The van der Waals surface area contributed by atoms with E-state index >= 15 is 0 Å². The highest BCUT2D eigenvalue weighted by atomic mass is 33.1. The fourth-order valence-electron chi connectivity index (χ4n) is 7.51. The number of aromatic hydroxyl groups is 1. The number of phenols is 1. The van der Waals surface area contributed by atoms with Crippen LogP contribution in [0, 0.1) is 5.92 Å². The smallest absolute Gasteiger partial charge is 0.303 e. The summed E-state index contributed by atoms with van der Waals surface area (Å²) in [6, 6.07) is -3.93. The fraction of sp³-hybridized carbons (Fsp3) is 0.591. The molecular formula is C44H65N11O14S2. The molecule has 0 spiro atoms. The molecule has 25 nitrogen and oxygen atoms in total. The number of likely N-dealkylation sites (tertiary alicyclic amines) is 1. The average Bonchev–Trinajstić information content (AvgIpc) is 3.82. The molecule has 11 amide bonds. The predicted molar refractivity (Wildman–Crippen MR) is 258 cm³/mol. The van der Waals surface area contributed by atoms with Crippen LogP contribution in [0.5, 0.6) is 5.75 Å². The molecule has 0 unspecified atom stereocenters. The first kappa shape index (κ1) is 58.7. The van der Waals surface area contributed by atoms with Crippen molar-refractivity contribution in [3.05, 3.63) is 29.8 Å². The summed E-state index contributed by atoms with van der Waals surface area (Å²) < 4.78 is 0. The van der Waals surface area contributed by atoms with Crippen LogP contribution in [0.3, 0.4) is 0 Å². The lowest BCUT2D eigenvalue weighted by molar-refractivity contribution is -0.142. The number of carbonyl (C=O) groups is 12. The van der Waals surface area contributed by atoms with Gasteiger partial charge in [-0.3, -0.25) is 57.5 Å². The van der Waals surface area contributed by atoms with Gasteiger partial charge >= 0.3 is 5.97 Å². The van der Waals surface area contributed by atoms with Crippen LogP contribution in [-0.2, 0) is 64.0 Å². The Labute approximate surface area is 417 Å². The minimum Gasteiger partial charge on any atom is -0.508 e. The molecule has 71 heavy (non-hydrogen) atoms. The fourth-order valence-corrected chi connectivity index (χ4v) is 9.65. The molecule has 3 rings (SSSR count). The number of benzene rings is 1. The Morgan fingerprint density at radius 1 is 0.873 bits per heavy atom. The van der Waals surface area contributed by atoms with Crippen molar-refractivity contribution in [1.29, 1.82) is 0 Å². The quantitative estimate of drug-likeness (QED) is 0.0330. The number of carboxylic acid groups (broad SMARTS) is 1. The lowest BCUT2D eigenvalue weighted by Gasteiger charge is -2.31. The van der Waals surface area contributed by atoms with Crippen molar-refractivity contribution in [3.8, 4) is 5.75 Å². The minimum absolute atomic E-state index is 0.0279. The first-order valence-electron chi connectivity index (χ1n) is 23.1. The number of nitrogens with zero attached hydrogens (tertiary/aromatic N) is 1. The van der Waals surface area contributed by atoms with Crippen LogP contribution in [0.4, 0.5) is 0 Å². The second kappa shape index (κ2) is 30.2. The third kappa shape index (κ3) is 20.3. The molecular weight excluding hydrogens is 971 g/mol. The largest absolute Gasteiger partial charge is 0.508 e. The Hall–Kier alpha value is -6.64. The zero-order chi connectivity index (χ0) is 52.6. The van der Waals surface area contributed by atoms with E-state index in [1.165, 1.54) is 17.0 Å². The maximum absolute atomic E-state index is 14.5. The molecule has 14 N–H and O–H groups in total. The van der Waals surface area contributed by atoms with Crippen molar-refractivity contribution in [2.75, 3.05) is 31.1 Å². The lowest BCUT2D eigenvalue weighted by Crippen LogP contribution is -2.61. The van der Waals surface area contributed by atoms with Gasteiger partial charge in [-0.15, -0.1) is 0 Å². The molecule has 1 aromatic rings. The number of hydrogen-bond acceptors (Lipinski definition) is 15. The van der Waals surface area contributed by atoms with Crippen molar-refractivity contribution in [1.82, 2.24) is 47.4 Å². The number of carboxylic acids is 1. The molecule has 0 aliphatic carbocycles. The summed E-state index contributed by atoms with van der Waals surface area (Å²) in [5.41, 5.74) is 11.2. The summed E-state index contributed by atoms with van der Waals surface area (Å²) in [6.45, 7) is 3.18. The molecule has 2 aliphatic heterocycles. The van der Waals surface area contributed by atoms with Crippen LogP contribution in [0.25, 0.3) is 0 Å². The second-order valence-corrected chi connectivity index (χ2v) is 19.6. The van der Waals surface area contributed by atoms with Gasteiger partial charge in [-0.25, -0.2) is 0 Å². The summed E-state index contributed by atoms with van der Waals surface area (Å²) in [5.74, 6) is -10.6. The lowest BCUT2D eigenvalue weighted by atomic mass is 9.96. The van der Waals surface area contributed by atoms with Crippen LogP contribution in [-0.4, -0.2) is 160 Å². The number of nitrogens with two attached hydrogens (primary N) is 2. The number of amides is 11. The third-order valence-electron chi connectivity index (χ3n) is 11.5. The van der Waals surface area contributed by atoms with E-state index in [1.54, 1.807) is 26.0 Å². The van der Waals surface area contributed by atoms with Crippen molar-refractivity contribution < 1.29 is 67.7 Å². The van der Waals surface area contributed by atoms with E-state index in [1.807, 2.05) is 0 Å². The molecule has 27 heteroatoms. The number of primary amides is 2. The number of rotatable bonds is 21. The number of carbonyl (C=O) groups excluding carboxylic acids is 11. The van der Waals surface area contributed by atoms with Gasteiger partial charge in [-0.1, -0.05) is 54.0 Å². The Kier molecular flexibility index (Phi) is 24.9. The Morgan fingerprint density at radius 2 is 1.55 bits per heavy atom. The van der Waals surface area contributed by atoms with E-state index in [0.717, 1.165) is 21.6 Å². The first-order chi connectivity index (χ1) is 33.7. The van der Waals surface area contributed by atoms with Gasteiger partial charge in [0.05, 0.1) is 13.0 Å². The molecule has 1 aromatic carbocycles. The number of hydrogen-bond donors (Lipinski definition) is 12. The minimum atomic E-state index is -1.78. The highest BCUT2D eigenvalue weighted by Gasteiger charge is 2.40. The highest BCUT2D eigenvalue weighted by molar-refractivity contribution is 8.76. The SMILES string of the molecule is CC[C@@H](C)[C@@H]1NC(=O)[C@@H](Cc2ccc(O)cc2)NC(=O)CCSSC[C@@H](C(=O)N2CCC[C@@H]2C(=O)N[C@@H](CCCCNC=O)C(=O)NCC(N)=O)NC(=O)[C@H](CC(N)=O)NC(=O)[C@@H](CCC(=O)O)NC1=O. The molecule has 0 radical (unpaired) electrons. The average molecular weight is 1040 g/mol. The Morgan fingerprint density at radius 3 is 2.20 bits per heavy atom. The molecule has 0 bridgehead atoms. The molecule has 392 valence electrons. The number of aliphatic carboxylic acids is 1. The van der Waals surface area contributed by atoms with Gasteiger partial charge in [0, 0.05) is 43.9 Å². The van der Waals surface area contributed by atoms with Crippen molar-refractivity contribution in [2.24, 2.45) is 17.4 Å². The van der Waals surface area contributed by atoms with Gasteiger partial charge in [0.15, 0.2) is 0 Å². The second-order valence-electron chi connectivity index (χ2n) is 17.0. The number of phenolic OH excluding ortho intramolecular Hbond substituents is 1. The Bertz CT molecular complexity index is 2080. The zero-order valence-corrected chi connectivity index (χ0v) is 41.2. The van der Waals surface area contributed by atoms with E-state index in [9.17, 15) is 67.7 Å². The van der Waals surface area contributed by atoms with Gasteiger partial charge in [0.1, 0.15) is 48.0 Å². The first-order valence-corrected chi connectivity index (χ1v) is 25.6. The molecule has 8 atom stereocenters. The van der Waals surface area contributed by atoms with Crippen LogP contribution in [0.1, 0.15) is 83.6 Å².